The lowest BCUT2D eigenvalue weighted by molar-refractivity contribution is -0.322. The lowest BCUT2D eigenvalue weighted by Gasteiger charge is -2.47. The molecule has 1 aromatic rings. The van der Waals surface area contributed by atoms with Crippen molar-refractivity contribution >= 4 is 41.8 Å². The molecule has 236 valence electrons. The van der Waals surface area contributed by atoms with Crippen LogP contribution in [0, 0.1) is 0 Å². The minimum Gasteiger partial charge on any atom is -0.462 e. The summed E-state index contributed by atoms with van der Waals surface area (Å²) >= 11 is 0. The highest BCUT2D eigenvalue weighted by molar-refractivity contribution is 5.82. The molecule has 15 nitrogen and oxygen atoms in total. The van der Waals surface area contributed by atoms with Crippen LogP contribution >= 0.6 is 0 Å². The molecule has 1 fully saturated rings. The van der Waals surface area contributed by atoms with Crippen molar-refractivity contribution in [3.63, 3.8) is 0 Å². The number of rotatable bonds is 12. The van der Waals surface area contributed by atoms with Gasteiger partial charge in [-0.15, -0.1) is 0 Å². The molecule has 1 aromatic carbocycles. The Morgan fingerprint density at radius 1 is 0.767 bits per heavy atom. The second-order valence-corrected chi connectivity index (χ2v) is 9.44. The average molecular weight is 611 g/mol. The standard InChI is InChI=1S/C28H34O15/c1-15(29)36-14-23(39-17(3)31)25(41-19(5)33)26-24(40-18(4)32)22(38-16(2)30)12-28(43-26,42-20(6)34)27(35)37-13-21-10-8-7-9-11-21/h7-11,22-26H,12-14H2,1-6H3/t22-,23-,24+,25+,26+,28-/m0/s1. The molecule has 0 amide bonds. The van der Waals surface area contributed by atoms with Crippen LogP contribution in [0.15, 0.2) is 30.3 Å². The fourth-order valence-corrected chi connectivity index (χ4v) is 4.30. The first kappa shape index (κ1) is 34.7. The summed E-state index contributed by atoms with van der Waals surface area (Å²) in [6.07, 6.45) is -9.15. The van der Waals surface area contributed by atoms with Gasteiger partial charge in [-0.2, -0.15) is 0 Å². The van der Waals surface area contributed by atoms with Gasteiger partial charge in [0, 0.05) is 41.5 Å². The predicted molar refractivity (Wildman–Crippen MR) is 139 cm³/mol. The number of hydrogen-bond acceptors (Lipinski definition) is 15. The SMILES string of the molecule is CC(=O)OC[C@H](OC(C)=O)[C@@H](OC(C)=O)[C@@H]1O[C@](OC(C)=O)(C(=O)OCc2ccccc2)C[C@H](OC(C)=O)[C@H]1OC(C)=O. The third kappa shape index (κ3) is 10.7. The molecular formula is C28H34O15. The van der Waals surface area contributed by atoms with Crippen molar-refractivity contribution in [1.82, 2.24) is 0 Å². The minimum atomic E-state index is -2.65. The average Bonchev–Trinajstić information content (AvgIpc) is 2.89. The summed E-state index contributed by atoms with van der Waals surface area (Å²) in [5.41, 5.74) is 0.560. The van der Waals surface area contributed by atoms with E-state index in [2.05, 4.69) is 0 Å². The second-order valence-electron chi connectivity index (χ2n) is 9.44. The van der Waals surface area contributed by atoms with Gasteiger partial charge in [-0.1, -0.05) is 30.3 Å². The minimum absolute atomic E-state index is 0.293. The van der Waals surface area contributed by atoms with Gasteiger partial charge in [0.25, 0.3) is 0 Å². The summed E-state index contributed by atoms with van der Waals surface area (Å²) in [5.74, 6) is -9.39. The Bertz CT molecular complexity index is 1200. The van der Waals surface area contributed by atoms with Crippen LogP contribution in [0.1, 0.15) is 53.5 Å². The van der Waals surface area contributed by atoms with Gasteiger partial charge in [0.05, 0.1) is 6.42 Å². The van der Waals surface area contributed by atoms with Crippen LogP contribution in [0.25, 0.3) is 0 Å². The quantitative estimate of drug-likeness (QED) is 0.241. The number of ether oxygens (including phenoxy) is 8. The monoisotopic (exact) mass is 610 g/mol. The molecule has 0 spiro atoms. The van der Waals surface area contributed by atoms with Gasteiger partial charge >= 0.3 is 47.6 Å². The molecule has 1 aliphatic heterocycles. The topological polar surface area (TPSA) is 193 Å². The molecule has 0 unspecified atom stereocenters. The van der Waals surface area contributed by atoms with Crippen LogP contribution in [-0.2, 0) is 78.1 Å². The molecule has 43 heavy (non-hydrogen) atoms. The van der Waals surface area contributed by atoms with Crippen molar-refractivity contribution in [3.05, 3.63) is 35.9 Å². The molecule has 1 saturated heterocycles. The van der Waals surface area contributed by atoms with E-state index in [1.54, 1.807) is 30.3 Å². The summed E-state index contributed by atoms with van der Waals surface area (Å²) in [5, 5.41) is 0. The molecule has 2 rings (SSSR count). The van der Waals surface area contributed by atoms with Gasteiger partial charge in [0.2, 0.25) is 0 Å². The number of esters is 7. The number of carbonyl (C=O) groups is 7. The summed E-state index contributed by atoms with van der Waals surface area (Å²) in [6, 6.07) is 8.44. The van der Waals surface area contributed by atoms with Crippen molar-refractivity contribution in [2.75, 3.05) is 6.61 Å². The molecule has 1 heterocycles. The maximum atomic E-state index is 13.6. The first-order valence-electron chi connectivity index (χ1n) is 13.0. The van der Waals surface area contributed by atoms with Crippen LogP contribution < -0.4 is 0 Å². The van der Waals surface area contributed by atoms with Crippen LogP contribution in [0.3, 0.4) is 0 Å². The van der Waals surface area contributed by atoms with Gasteiger partial charge in [-0.25, -0.2) is 4.79 Å². The van der Waals surface area contributed by atoms with E-state index in [9.17, 15) is 33.6 Å². The summed E-state index contributed by atoms with van der Waals surface area (Å²) in [6.45, 7) is 5.11. The molecule has 0 bridgehead atoms. The Morgan fingerprint density at radius 3 is 1.88 bits per heavy atom. The number of hydrogen-bond donors (Lipinski definition) is 0. The molecule has 0 aliphatic carbocycles. The zero-order valence-corrected chi connectivity index (χ0v) is 24.5. The fourth-order valence-electron chi connectivity index (χ4n) is 4.30. The highest BCUT2D eigenvalue weighted by atomic mass is 16.8. The molecule has 6 atom stereocenters. The van der Waals surface area contributed by atoms with Crippen LogP contribution in [0.5, 0.6) is 0 Å². The Hall–Kier alpha value is -4.53. The zero-order valence-electron chi connectivity index (χ0n) is 24.5. The van der Waals surface area contributed by atoms with E-state index < -0.39 is 91.1 Å². The maximum Gasteiger partial charge on any atom is 0.380 e. The summed E-state index contributed by atoms with van der Waals surface area (Å²) in [7, 11) is 0. The number of carbonyl (C=O) groups excluding carboxylic acids is 7. The van der Waals surface area contributed by atoms with Gasteiger partial charge < -0.3 is 37.9 Å². The van der Waals surface area contributed by atoms with E-state index in [1.807, 2.05) is 0 Å². The van der Waals surface area contributed by atoms with Gasteiger partial charge in [-0.3, -0.25) is 28.8 Å². The molecule has 0 N–H and O–H groups in total. The van der Waals surface area contributed by atoms with Gasteiger partial charge in [0.15, 0.2) is 18.3 Å². The highest BCUT2D eigenvalue weighted by Crippen LogP contribution is 2.38. The number of benzene rings is 1. The summed E-state index contributed by atoms with van der Waals surface area (Å²) in [4.78, 5) is 86.0. The lowest BCUT2D eigenvalue weighted by Crippen LogP contribution is -2.66. The van der Waals surface area contributed by atoms with Crippen molar-refractivity contribution in [3.8, 4) is 0 Å². The smallest absolute Gasteiger partial charge is 0.380 e. The Labute approximate surface area is 246 Å². The molecular weight excluding hydrogens is 576 g/mol. The Kier molecular flexibility index (Phi) is 12.6. The Morgan fingerprint density at radius 2 is 1.37 bits per heavy atom. The van der Waals surface area contributed by atoms with E-state index in [4.69, 9.17) is 37.9 Å². The normalized spacial score (nSPS) is 22.5. The molecule has 15 heteroatoms. The molecule has 0 radical (unpaired) electrons. The van der Waals surface area contributed by atoms with Crippen LogP contribution in [0.4, 0.5) is 0 Å². The van der Waals surface area contributed by atoms with Gasteiger partial charge in [-0.05, 0) is 5.56 Å². The molecule has 0 saturated carbocycles. The van der Waals surface area contributed by atoms with E-state index in [-0.39, 0.29) is 6.61 Å². The van der Waals surface area contributed by atoms with E-state index in [1.165, 1.54) is 0 Å². The van der Waals surface area contributed by atoms with E-state index >= 15 is 0 Å². The third-order valence-corrected chi connectivity index (χ3v) is 5.70. The molecule has 0 aromatic heterocycles. The highest BCUT2D eigenvalue weighted by Gasteiger charge is 2.61. The largest absolute Gasteiger partial charge is 0.462 e. The lowest BCUT2D eigenvalue weighted by atomic mass is 9.89. The molecule has 1 aliphatic rings. The van der Waals surface area contributed by atoms with E-state index in [0.717, 1.165) is 41.5 Å². The van der Waals surface area contributed by atoms with Crippen LogP contribution in [-0.4, -0.2) is 84.7 Å². The second kappa shape index (κ2) is 15.6. The first-order valence-corrected chi connectivity index (χ1v) is 13.0. The van der Waals surface area contributed by atoms with Crippen molar-refractivity contribution < 1.29 is 71.5 Å². The first-order chi connectivity index (χ1) is 20.1. The fraction of sp³-hybridized carbons (Fsp3) is 0.536. The Balaban J connectivity index is 2.71. The van der Waals surface area contributed by atoms with Crippen LogP contribution in [0.2, 0.25) is 0 Å². The maximum absolute atomic E-state index is 13.6. The van der Waals surface area contributed by atoms with E-state index in [0.29, 0.717) is 5.56 Å². The zero-order chi connectivity index (χ0) is 32.3. The van der Waals surface area contributed by atoms with Gasteiger partial charge in [0.1, 0.15) is 25.4 Å². The third-order valence-electron chi connectivity index (χ3n) is 5.70. The van der Waals surface area contributed by atoms with Crippen molar-refractivity contribution in [2.45, 2.75) is 90.9 Å². The van der Waals surface area contributed by atoms with Crippen molar-refractivity contribution in [1.29, 1.82) is 0 Å². The van der Waals surface area contributed by atoms with Crippen molar-refractivity contribution in [2.24, 2.45) is 0 Å². The summed E-state index contributed by atoms with van der Waals surface area (Å²) < 4.78 is 43.1. The predicted octanol–water partition coefficient (Wildman–Crippen LogP) is 1.07.